The Morgan fingerprint density at radius 3 is 2.45 bits per heavy atom. The Hall–Kier alpha value is -3.47. The van der Waals surface area contributed by atoms with E-state index in [1.54, 1.807) is 24.1 Å². The van der Waals surface area contributed by atoms with E-state index in [-0.39, 0.29) is 24.9 Å². The second-order valence-corrected chi connectivity index (χ2v) is 8.59. The summed E-state index contributed by atoms with van der Waals surface area (Å²) >= 11 is 0. The molecular formula is C25H33N5O3. The number of hydrogen-bond acceptors (Lipinski definition) is 5. The Labute approximate surface area is 195 Å². The van der Waals surface area contributed by atoms with Crippen LogP contribution in [0.2, 0.25) is 0 Å². The molecule has 0 atom stereocenters. The van der Waals surface area contributed by atoms with Gasteiger partial charge in [0.15, 0.2) is 0 Å². The number of anilines is 2. The Morgan fingerprint density at radius 1 is 1.21 bits per heavy atom. The number of nitrogens with one attached hydrogen (secondary N) is 1. The van der Waals surface area contributed by atoms with Crippen LogP contribution in [0.1, 0.15) is 61.4 Å². The molecule has 3 N–H and O–H groups in total. The molecule has 176 valence electrons. The SMILES string of the molecule is COc1ccc(N(CCC(N)=O)CC(=O)Nc2c(C#N)c(C)c(C)n2C2CCCCC2)cc1. The van der Waals surface area contributed by atoms with Crippen molar-refractivity contribution in [3.8, 4) is 11.8 Å². The van der Waals surface area contributed by atoms with Crippen molar-refractivity contribution in [2.75, 3.05) is 30.4 Å². The molecule has 1 aliphatic carbocycles. The molecule has 0 bridgehead atoms. The lowest BCUT2D eigenvalue weighted by atomic mass is 9.95. The standard InChI is InChI=1S/C25H33N5O3/c1-17-18(2)30(20-7-5-4-6-8-20)25(22(17)15-26)28-24(32)16-29(14-13-23(27)31)19-9-11-21(33-3)12-10-19/h9-12,20H,4-8,13-14,16H2,1-3H3,(H2,27,31)(H,28,32). The highest BCUT2D eigenvalue weighted by molar-refractivity contribution is 5.95. The molecule has 0 radical (unpaired) electrons. The van der Waals surface area contributed by atoms with Crippen LogP contribution in [0.5, 0.6) is 5.75 Å². The van der Waals surface area contributed by atoms with Gasteiger partial charge in [-0.25, -0.2) is 0 Å². The van der Waals surface area contributed by atoms with E-state index in [2.05, 4.69) is 16.0 Å². The first-order chi connectivity index (χ1) is 15.8. The normalized spacial score (nSPS) is 13.9. The van der Waals surface area contributed by atoms with Crippen LogP contribution < -0.4 is 20.7 Å². The van der Waals surface area contributed by atoms with Gasteiger partial charge in [-0.05, 0) is 56.5 Å². The quantitative estimate of drug-likeness (QED) is 0.602. The van der Waals surface area contributed by atoms with E-state index in [1.807, 2.05) is 26.0 Å². The molecule has 3 rings (SSSR count). The first-order valence-corrected chi connectivity index (χ1v) is 11.4. The molecule has 1 saturated carbocycles. The molecule has 33 heavy (non-hydrogen) atoms. The zero-order chi connectivity index (χ0) is 24.0. The fourth-order valence-corrected chi connectivity index (χ4v) is 4.57. The van der Waals surface area contributed by atoms with E-state index in [1.165, 1.54) is 6.42 Å². The van der Waals surface area contributed by atoms with E-state index in [9.17, 15) is 14.9 Å². The van der Waals surface area contributed by atoms with E-state index in [4.69, 9.17) is 10.5 Å². The smallest absolute Gasteiger partial charge is 0.245 e. The van der Waals surface area contributed by atoms with E-state index in [0.29, 0.717) is 23.7 Å². The lowest BCUT2D eigenvalue weighted by Crippen LogP contribution is -2.36. The fourth-order valence-electron chi connectivity index (χ4n) is 4.57. The van der Waals surface area contributed by atoms with Crippen LogP contribution in [0.15, 0.2) is 24.3 Å². The largest absolute Gasteiger partial charge is 0.497 e. The number of nitrogens with zero attached hydrogens (tertiary/aromatic N) is 3. The maximum atomic E-state index is 13.2. The van der Waals surface area contributed by atoms with Crippen molar-refractivity contribution in [2.24, 2.45) is 5.73 Å². The van der Waals surface area contributed by atoms with Crippen molar-refractivity contribution in [3.05, 3.63) is 41.1 Å². The summed E-state index contributed by atoms with van der Waals surface area (Å²) in [5.41, 5.74) is 8.57. The van der Waals surface area contributed by atoms with Gasteiger partial charge in [-0.15, -0.1) is 0 Å². The predicted molar refractivity (Wildman–Crippen MR) is 128 cm³/mol. The van der Waals surface area contributed by atoms with Gasteiger partial charge in [0.1, 0.15) is 17.6 Å². The third kappa shape index (κ3) is 5.67. The summed E-state index contributed by atoms with van der Waals surface area (Å²) in [5.74, 6) is 0.599. The summed E-state index contributed by atoms with van der Waals surface area (Å²) in [6.45, 7) is 4.27. The summed E-state index contributed by atoms with van der Waals surface area (Å²) in [5, 5.41) is 12.8. The Morgan fingerprint density at radius 2 is 1.88 bits per heavy atom. The molecule has 0 saturated heterocycles. The van der Waals surface area contributed by atoms with Crippen molar-refractivity contribution in [1.82, 2.24) is 4.57 Å². The monoisotopic (exact) mass is 451 g/mol. The number of nitrogens with two attached hydrogens (primary N) is 1. The number of aromatic nitrogens is 1. The summed E-state index contributed by atoms with van der Waals surface area (Å²) in [7, 11) is 1.59. The van der Waals surface area contributed by atoms with Gasteiger partial charge in [-0.2, -0.15) is 5.26 Å². The first-order valence-electron chi connectivity index (χ1n) is 11.4. The third-order valence-electron chi connectivity index (χ3n) is 6.47. The lowest BCUT2D eigenvalue weighted by Gasteiger charge is -2.28. The van der Waals surface area contributed by atoms with Crippen molar-refractivity contribution in [2.45, 2.75) is 58.4 Å². The van der Waals surface area contributed by atoms with Gasteiger partial charge in [-0.1, -0.05) is 19.3 Å². The van der Waals surface area contributed by atoms with E-state index in [0.717, 1.165) is 42.6 Å². The molecule has 1 fully saturated rings. The van der Waals surface area contributed by atoms with Gasteiger partial charge < -0.3 is 25.3 Å². The summed E-state index contributed by atoms with van der Waals surface area (Å²) < 4.78 is 7.36. The van der Waals surface area contributed by atoms with E-state index >= 15 is 0 Å². The van der Waals surface area contributed by atoms with Crippen molar-refractivity contribution in [1.29, 1.82) is 5.26 Å². The first kappa shape index (κ1) is 24.2. The second kappa shape index (κ2) is 10.9. The number of nitriles is 1. The molecule has 8 heteroatoms. The minimum atomic E-state index is -0.432. The number of benzene rings is 1. The third-order valence-corrected chi connectivity index (χ3v) is 6.47. The minimum Gasteiger partial charge on any atom is -0.497 e. The highest BCUT2D eigenvalue weighted by atomic mass is 16.5. The molecule has 2 aromatic rings. The highest BCUT2D eigenvalue weighted by Crippen LogP contribution is 2.36. The number of rotatable bonds is 9. The van der Waals surface area contributed by atoms with Gasteiger partial charge in [0.05, 0.1) is 19.2 Å². The van der Waals surface area contributed by atoms with Gasteiger partial charge >= 0.3 is 0 Å². The zero-order valence-electron chi connectivity index (χ0n) is 19.7. The second-order valence-electron chi connectivity index (χ2n) is 8.59. The van der Waals surface area contributed by atoms with Crippen molar-refractivity contribution in [3.63, 3.8) is 0 Å². The summed E-state index contributed by atoms with van der Waals surface area (Å²) in [6.07, 6.45) is 5.72. The molecule has 1 aromatic carbocycles. The van der Waals surface area contributed by atoms with Gasteiger partial charge in [0, 0.05) is 30.4 Å². The number of hydrogen-bond donors (Lipinski definition) is 2. The number of carbonyl (C=O) groups is 2. The maximum absolute atomic E-state index is 13.2. The molecular weight excluding hydrogens is 418 g/mol. The van der Waals surface area contributed by atoms with Crippen LogP contribution in [0.25, 0.3) is 0 Å². The minimum absolute atomic E-state index is 0.0262. The Kier molecular flexibility index (Phi) is 7.99. The zero-order valence-corrected chi connectivity index (χ0v) is 19.7. The van der Waals surface area contributed by atoms with Gasteiger partial charge in [0.2, 0.25) is 11.8 Å². The number of amides is 2. The Bertz CT molecular complexity index is 1030. The van der Waals surface area contributed by atoms with Crippen LogP contribution in [-0.4, -0.2) is 36.6 Å². The molecule has 2 amide bonds. The van der Waals surface area contributed by atoms with Crippen molar-refractivity contribution < 1.29 is 14.3 Å². The lowest BCUT2D eigenvalue weighted by molar-refractivity contribution is -0.118. The van der Waals surface area contributed by atoms with E-state index < -0.39 is 5.91 Å². The topological polar surface area (TPSA) is 113 Å². The predicted octanol–water partition coefficient (Wildman–Crippen LogP) is 3.81. The maximum Gasteiger partial charge on any atom is 0.245 e. The number of carbonyl (C=O) groups excluding carboxylic acids is 2. The molecule has 1 aromatic heterocycles. The van der Waals surface area contributed by atoms with Crippen molar-refractivity contribution >= 4 is 23.3 Å². The van der Waals surface area contributed by atoms with Crippen LogP contribution >= 0.6 is 0 Å². The summed E-state index contributed by atoms with van der Waals surface area (Å²) in [6, 6.07) is 9.85. The summed E-state index contributed by atoms with van der Waals surface area (Å²) in [4.78, 5) is 26.4. The average Bonchev–Trinajstić information content (AvgIpc) is 3.05. The molecule has 0 aliphatic heterocycles. The average molecular weight is 452 g/mol. The highest BCUT2D eigenvalue weighted by Gasteiger charge is 2.26. The van der Waals surface area contributed by atoms with Gasteiger partial charge in [0.25, 0.3) is 0 Å². The molecule has 0 unspecified atom stereocenters. The molecule has 8 nitrogen and oxygen atoms in total. The van der Waals surface area contributed by atoms with Crippen LogP contribution in [-0.2, 0) is 9.59 Å². The van der Waals surface area contributed by atoms with Gasteiger partial charge in [-0.3, -0.25) is 9.59 Å². The number of ether oxygens (including phenoxy) is 1. The number of primary amides is 1. The molecule has 1 aliphatic rings. The van der Waals surface area contributed by atoms with Crippen LogP contribution in [0, 0.1) is 25.2 Å². The Balaban J connectivity index is 1.85. The van der Waals surface area contributed by atoms with Crippen LogP contribution in [0.4, 0.5) is 11.5 Å². The molecule has 0 spiro atoms. The molecule has 1 heterocycles. The van der Waals surface area contributed by atoms with Crippen LogP contribution in [0.3, 0.4) is 0 Å². The number of methoxy groups -OCH3 is 1. The fraction of sp³-hybridized carbons (Fsp3) is 0.480.